The summed E-state index contributed by atoms with van der Waals surface area (Å²) < 4.78 is 0. The first-order chi connectivity index (χ1) is 4.10. The van der Waals surface area contributed by atoms with Crippen LogP contribution >= 0.6 is 0 Å². The number of nitrogens with two attached hydrogens (primary N) is 2. The van der Waals surface area contributed by atoms with E-state index in [0.29, 0.717) is 0 Å². The second kappa shape index (κ2) is 1.82. The van der Waals surface area contributed by atoms with Gasteiger partial charge in [-0.2, -0.15) is 0 Å². The third kappa shape index (κ3) is 1.51. The molecule has 5 N–H and O–H groups in total. The molecule has 0 unspecified atom stereocenters. The summed E-state index contributed by atoms with van der Waals surface area (Å²) in [5, 5.41) is 8.83. The molecule has 0 bridgehead atoms. The summed E-state index contributed by atoms with van der Waals surface area (Å²) >= 11 is 0. The Kier molecular flexibility index (Phi) is 1.27. The molecule has 1 rings (SSSR count). The molecule has 1 aliphatic heterocycles. The molecule has 0 atom stereocenters. The second-order valence-electron chi connectivity index (χ2n) is 2.19. The van der Waals surface area contributed by atoms with Crippen LogP contribution in [0.15, 0.2) is 17.0 Å². The first-order valence-electron chi connectivity index (χ1n) is 2.60. The summed E-state index contributed by atoms with van der Waals surface area (Å²) in [6, 6.07) is 0. The maximum Gasteiger partial charge on any atom is 0.114 e. The van der Waals surface area contributed by atoms with E-state index >= 15 is 0 Å². The Morgan fingerprint density at radius 2 is 2.33 bits per heavy atom. The summed E-state index contributed by atoms with van der Waals surface area (Å²) in [5.41, 5.74) is 9.83. The standard InChI is InChI=1S/C5H9N3O/c6-5(7)1-4(9)2-8-3-5/h2-3,9H,1,6-7H2. The summed E-state index contributed by atoms with van der Waals surface area (Å²) in [7, 11) is 0. The molecule has 0 amide bonds. The maximum atomic E-state index is 8.83. The van der Waals surface area contributed by atoms with Crippen LogP contribution in [0.2, 0.25) is 0 Å². The number of hydrogen-bond acceptors (Lipinski definition) is 4. The summed E-state index contributed by atoms with van der Waals surface area (Å²) in [4.78, 5) is 3.62. The first kappa shape index (κ1) is 6.25. The fraction of sp³-hybridized carbons (Fsp3) is 0.400. The van der Waals surface area contributed by atoms with Crippen molar-refractivity contribution in [2.24, 2.45) is 16.5 Å². The van der Waals surface area contributed by atoms with Crippen molar-refractivity contribution >= 4 is 6.21 Å². The zero-order valence-corrected chi connectivity index (χ0v) is 4.91. The highest BCUT2D eigenvalue weighted by Gasteiger charge is 2.20. The highest BCUT2D eigenvalue weighted by molar-refractivity contribution is 5.71. The summed E-state index contributed by atoms with van der Waals surface area (Å²) in [6.45, 7) is 0. The van der Waals surface area contributed by atoms with E-state index in [1.54, 1.807) is 0 Å². The maximum absolute atomic E-state index is 8.83. The van der Waals surface area contributed by atoms with Gasteiger partial charge >= 0.3 is 0 Å². The van der Waals surface area contributed by atoms with Gasteiger partial charge in [0.2, 0.25) is 0 Å². The molecule has 9 heavy (non-hydrogen) atoms. The van der Waals surface area contributed by atoms with Gasteiger partial charge in [-0.3, -0.25) is 4.99 Å². The fourth-order valence-electron chi connectivity index (χ4n) is 0.667. The van der Waals surface area contributed by atoms with Crippen LogP contribution in [0.3, 0.4) is 0 Å². The summed E-state index contributed by atoms with van der Waals surface area (Å²) in [6.07, 6.45) is 3.00. The highest BCUT2D eigenvalue weighted by atomic mass is 16.3. The van der Waals surface area contributed by atoms with E-state index < -0.39 is 5.66 Å². The van der Waals surface area contributed by atoms with Gasteiger partial charge in [0.15, 0.2) is 0 Å². The minimum Gasteiger partial charge on any atom is -0.511 e. The Morgan fingerprint density at radius 1 is 1.67 bits per heavy atom. The van der Waals surface area contributed by atoms with E-state index in [4.69, 9.17) is 16.6 Å². The van der Waals surface area contributed by atoms with Gasteiger partial charge in [-0.15, -0.1) is 0 Å². The van der Waals surface area contributed by atoms with E-state index in [0.717, 1.165) is 0 Å². The van der Waals surface area contributed by atoms with Crippen molar-refractivity contribution in [2.75, 3.05) is 0 Å². The molecule has 4 heteroatoms. The molecule has 0 saturated carbocycles. The lowest BCUT2D eigenvalue weighted by Gasteiger charge is -2.20. The molecule has 0 aromatic heterocycles. The largest absolute Gasteiger partial charge is 0.511 e. The molecular weight excluding hydrogens is 118 g/mol. The number of rotatable bonds is 0. The van der Waals surface area contributed by atoms with Gasteiger partial charge < -0.3 is 16.6 Å². The first-order valence-corrected chi connectivity index (χ1v) is 2.60. The molecule has 0 aromatic rings. The lowest BCUT2D eigenvalue weighted by molar-refractivity contribution is 0.356. The zero-order chi connectivity index (χ0) is 6.91. The van der Waals surface area contributed by atoms with Gasteiger partial charge in [0, 0.05) is 12.6 Å². The Hall–Kier alpha value is -0.870. The lowest BCUT2D eigenvalue weighted by atomic mass is 10.1. The Labute approximate surface area is 52.9 Å². The molecule has 0 saturated heterocycles. The van der Waals surface area contributed by atoms with Crippen LogP contribution in [-0.4, -0.2) is 17.0 Å². The molecule has 0 fully saturated rings. The van der Waals surface area contributed by atoms with Crippen LogP contribution in [0.25, 0.3) is 0 Å². The minimum absolute atomic E-state index is 0.127. The van der Waals surface area contributed by atoms with Crippen molar-refractivity contribution in [3.63, 3.8) is 0 Å². The predicted octanol–water partition coefficient (Wildman–Crippen LogP) is -0.526. The predicted molar refractivity (Wildman–Crippen MR) is 34.9 cm³/mol. The highest BCUT2D eigenvalue weighted by Crippen LogP contribution is 2.08. The molecule has 1 heterocycles. The van der Waals surface area contributed by atoms with Gasteiger partial charge in [0.1, 0.15) is 11.4 Å². The Balaban J connectivity index is 2.73. The van der Waals surface area contributed by atoms with Crippen LogP contribution < -0.4 is 11.5 Å². The van der Waals surface area contributed by atoms with Crippen molar-refractivity contribution < 1.29 is 5.11 Å². The van der Waals surface area contributed by atoms with Gasteiger partial charge in [-0.25, -0.2) is 0 Å². The molecule has 4 nitrogen and oxygen atoms in total. The molecule has 0 aromatic carbocycles. The number of aliphatic hydroxyl groups excluding tert-OH is 1. The average Bonchev–Trinajstić information content (AvgIpc) is 1.60. The SMILES string of the molecule is NC1(N)C=NC=C(O)C1. The normalized spacial score (nSPS) is 23.6. The number of nitrogens with zero attached hydrogens (tertiary/aromatic N) is 1. The molecule has 0 spiro atoms. The number of aliphatic imine (C=N–C) groups is 1. The summed E-state index contributed by atoms with van der Waals surface area (Å²) in [5.74, 6) is 0.127. The molecule has 0 radical (unpaired) electrons. The van der Waals surface area contributed by atoms with Crippen LogP contribution in [-0.2, 0) is 0 Å². The van der Waals surface area contributed by atoms with Gasteiger partial charge in [-0.05, 0) is 0 Å². The monoisotopic (exact) mass is 127 g/mol. The van der Waals surface area contributed by atoms with Crippen molar-refractivity contribution in [3.05, 3.63) is 12.0 Å². The number of aliphatic hydroxyl groups is 1. The van der Waals surface area contributed by atoms with E-state index in [2.05, 4.69) is 4.99 Å². The van der Waals surface area contributed by atoms with E-state index in [-0.39, 0.29) is 12.2 Å². The molecule has 50 valence electrons. The van der Waals surface area contributed by atoms with E-state index in [9.17, 15) is 0 Å². The van der Waals surface area contributed by atoms with Gasteiger partial charge in [0.05, 0.1) is 6.20 Å². The van der Waals surface area contributed by atoms with Crippen LogP contribution in [0.4, 0.5) is 0 Å². The third-order valence-corrected chi connectivity index (χ3v) is 1.03. The van der Waals surface area contributed by atoms with Crippen molar-refractivity contribution in [1.82, 2.24) is 0 Å². The van der Waals surface area contributed by atoms with Gasteiger partial charge in [-0.1, -0.05) is 0 Å². The molecule has 0 aliphatic carbocycles. The third-order valence-electron chi connectivity index (χ3n) is 1.03. The molecular formula is C5H9N3O. The Bertz CT molecular complexity index is 171. The average molecular weight is 127 g/mol. The van der Waals surface area contributed by atoms with E-state index in [1.807, 2.05) is 0 Å². The second-order valence-corrected chi connectivity index (χ2v) is 2.19. The smallest absolute Gasteiger partial charge is 0.114 e. The van der Waals surface area contributed by atoms with Crippen molar-refractivity contribution in [1.29, 1.82) is 0 Å². The quantitative estimate of drug-likeness (QED) is 0.382. The number of hydrogen-bond donors (Lipinski definition) is 3. The molecule has 1 aliphatic rings. The lowest BCUT2D eigenvalue weighted by Crippen LogP contribution is -2.52. The van der Waals surface area contributed by atoms with Crippen LogP contribution in [0, 0.1) is 0 Å². The fourth-order valence-corrected chi connectivity index (χ4v) is 0.667. The Morgan fingerprint density at radius 3 is 2.67 bits per heavy atom. The van der Waals surface area contributed by atoms with Gasteiger partial charge in [0.25, 0.3) is 0 Å². The van der Waals surface area contributed by atoms with E-state index in [1.165, 1.54) is 12.4 Å². The van der Waals surface area contributed by atoms with Crippen LogP contribution in [0.1, 0.15) is 6.42 Å². The van der Waals surface area contributed by atoms with Crippen molar-refractivity contribution in [3.8, 4) is 0 Å². The van der Waals surface area contributed by atoms with Crippen molar-refractivity contribution in [2.45, 2.75) is 12.1 Å². The minimum atomic E-state index is -0.959. The topological polar surface area (TPSA) is 84.6 Å². The zero-order valence-electron chi connectivity index (χ0n) is 4.91. The van der Waals surface area contributed by atoms with Crippen LogP contribution in [0.5, 0.6) is 0 Å².